The SMILES string of the molecule is C#[S-](C)[C@@H]1CN[C@H](CNS(N)(=O)=O)C1. The average molecular weight is 238 g/mol. The topological polar surface area (TPSA) is 84.2 Å². The molecule has 0 saturated carbocycles. The third-order valence-corrected chi connectivity index (χ3v) is 4.22. The van der Waals surface area contributed by atoms with E-state index >= 15 is 0 Å². The maximum absolute atomic E-state index is 10.6. The Labute approximate surface area is 87.2 Å². The Morgan fingerprint density at radius 3 is 2.79 bits per heavy atom. The van der Waals surface area contributed by atoms with Crippen LogP contribution in [0.4, 0.5) is 0 Å². The van der Waals surface area contributed by atoms with Crippen LogP contribution in [0.25, 0.3) is 0 Å². The zero-order valence-corrected chi connectivity index (χ0v) is 9.70. The summed E-state index contributed by atoms with van der Waals surface area (Å²) in [6, 6.07) is 0.150. The van der Waals surface area contributed by atoms with Gasteiger partial charge in [0.05, 0.1) is 0 Å². The third-order valence-electron chi connectivity index (χ3n) is 2.24. The molecule has 1 aliphatic rings. The molecule has 0 spiro atoms. The number of rotatable bonds is 3. The smallest absolute Gasteiger partial charge is 0.274 e. The van der Waals surface area contributed by atoms with E-state index in [4.69, 9.17) is 10.8 Å². The lowest BCUT2D eigenvalue weighted by atomic mass is 10.2. The zero-order chi connectivity index (χ0) is 10.8. The minimum Gasteiger partial charge on any atom is -0.456 e. The van der Waals surface area contributed by atoms with E-state index in [1.165, 1.54) is 0 Å². The molecule has 0 aliphatic carbocycles. The molecule has 0 aromatic heterocycles. The molecule has 1 heterocycles. The summed E-state index contributed by atoms with van der Waals surface area (Å²) < 4.78 is 23.5. The number of hydrogen-bond acceptors (Lipinski definition) is 4. The van der Waals surface area contributed by atoms with Crippen LogP contribution in [-0.2, 0) is 20.5 Å². The van der Waals surface area contributed by atoms with Crippen LogP contribution in [0.5, 0.6) is 0 Å². The Kier molecular flexibility index (Phi) is 4.00. The minimum atomic E-state index is -3.57. The maximum Gasteiger partial charge on any atom is 0.274 e. The third kappa shape index (κ3) is 4.00. The van der Waals surface area contributed by atoms with Gasteiger partial charge in [0.1, 0.15) is 0 Å². The van der Waals surface area contributed by atoms with Crippen LogP contribution in [-0.4, -0.2) is 39.1 Å². The minimum absolute atomic E-state index is 0.107. The summed E-state index contributed by atoms with van der Waals surface area (Å²) in [7, 11) is -3.68. The van der Waals surface area contributed by atoms with Crippen LogP contribution < -0.4 is 15.2 Å². The van der Waals surface area contributed by atoms with E-state index in [1.54, 1.807) is 0 Å². The van der Waals surface area contributed by atoms with Gasteiger partial charge in [-0.25, -0.2) is 9.86 Å². The zero-order valence-electron chi connectivity index (χ0n) is 8.06. The quantitative estimate of drug-likeness (QED) is 0.515. The highest BCUT2D eigenvalue weighted by Gasteiger charge is 2.19. The Morgan fingerprint density at radius 2 is 2.36 bits per heavy atom. The lowest BCUT2D eigenvalue weighted by molar-refractivity contribution is 0.553. The van der Waals surface area contributed by atoms with Crippen molar-refractivity contribution in [1.29, 1.82) is 0 Å². The van der Waals surface area contributed by atoms with Crippen LogP contribution >= 0.6 is 0 Å². The largest absolute Gasteiger partial charge is 0.456 e. The van der Waals surface area contributed by atoms with Gasteiger partial charge in [0.2, 0.25) is 0 Å². The van der Waals surface area contributed by atoms with Gasteiger partial charge < -0.3 is 21.3 Å². The van der Waals surface area contributed by atoms with E-state index in [-0.39, 0.29) is 16.3 Å². The number of nitrogens with two attached hydrogens (primary N) is 1. The van der Waals surface area contributed by atoms with Crippen LogP contribution in [0.3, 0.4) is 0 Å². The van der Waals surface area contributed by atoms with Gasteiger partial charge in [-0.3, -0.25) is 0 Å². The standard InChI is InChI=1S/C7H16N3O2S2/c1-13(2)7-3-6(9-5-7)4-10-14(8,11)12/h1,6-7,9-10H,3-5H2,2H3,(H2,8,11,12)/q-1/t6-,7-/m0/s1. The maximum atomic E-state index is 10.6. The van der Waals surface area contributed by atoms with Gasteiger partial charge in [-0.1, -0.05) is 6.42 Å². The Hall–Kier alpha value is -0.0400. The molecule has 0 unspecified atom stereocenters. The van der Waals surface area contributed by atoms with Crippen LogP contribution in [0.15, 0.2) is 0 Å². The molecule has 4 N–H and O–H groups in total. The molecular formula is C7H16N3O2S2-. The first-order valence-electron chi connectivity index (χ1n) is 4.28. The van der Waals surface area contributed by atoms with Crippen LogP contribution in [0.2, 0.25) is 0 Å². The molecule has 1 saturated heterocycles. The van der Waals surface area contributed by atoms with Gasteiger partial charge in [0.15, 0.2) is 0 Å². The normalized spacial score (nSPS) is 28.4. The first-order valence-corrected chi connectivity index (χ1v) is 7.59. The fraction of sp³-hybridized carbons (Fsp3) is 0.857. The summed E-state index contributed by atoms with van der Waals surface area (Å²) >= 11 is 0. The molecule has 84 valence electrons. The molecular weight excluding hydrogens is 222 g/mol. The van der Waals surface area contributed by atoms with Crippen molar-refractivity contribution >= 4 is 20.5 Å². The second-order valence-corrected chi connectivity index (χ2v) is 6.72. The average Bonchev–Trinajstić information content (AvgIpc) is 2.47. The summed E-state index contributed by atoms with van der Waals surface area (Å²) in [6.45, 7) is 1.19. The highest BCUT2D eigenvalue weighted by molar-refractivity contribution is 7.87. The summed E-state index contributed by atoms with van der Waals surface area (Å²) in [5, 5.41) is 8.47. The summed E-state index contributed by atoms with van der Waals surface area (Å²) in [6.07, 6.45) is 2.89. The van der Waals surface area contributed by atoms with E-state index < -0.39 is 10.2 Å². The molecule has 0 radical (unpaired) electrons. The van der Waals surface area contributed by atoms with Crippen LogP contribution in [0.1, 0.15) is 6.42 Å². The molecule has 5 nitrogen and oxygen atoms in total. The second kappa shape index (κ2) is 4.65. The summed E-state index contributed by atoms with van der Waals surface area (Å²) in [5.41, 5.74) is 5.77. The predicted octanol–water partition coefficient (Wildman–Crippen LogP) is -1.65. The first-order chi connectivity index (χ1) is 6.38. The summed E-state index contributed by atoms with van der Waals surface area (Å²) in [5.74, 6) is 0. The molecule has 7 heteroatoms. The molecule has 0 bridgehead atoms. The van der Waals surface area contributed by atoms with Crippen molar-refractivity contribution in [2.75, 3.05) is 19.3 Å². The van der Waals surface area contributed by atoms with Crippen molar-refractivity contribution in [3.8, 4) is 5.69 Å². The Morgan fingerprint density at radius 1 is 1.71 bits per heavy atom. The van der Waals surface area contributed by atoms with Crippen molar-refractivity contribution < 1.29 is 8.42 Å². The predicted molar refractivity (Wildman–Crippen MR) is 59.5 cm³/mol. The van der Waals surface area contributed by atoms with Gasteiger partial charge in [-0.05, 0) is 6.54 Å². The lowest BCUT2D eigenvalue weighted by Gasteiger charge is -2.19. The monoisotopic (exact) mass is 238 g/mol. The Balaban J connectivity index is 2.34. The van der Waals surface area contributed by atoms with Crippen molar-refractivity contribution in [3.63, 3.8) is 0 Å². The lowest BCUT2D eigenvalue weighted by Crippen LogP contribution is -2.40. The first kappa shape index (κ1) is 12.0. The van der Waals surface area contributed by atoms with E-state index in [2.05, 4.69) is 10.0 Å². The molecule has 0 aromatic carbocycles. The van der Waals surface area contributed by atoms with Crippen molar-refractivity contribution in [3.05, 3.63) is 0 Å². The number of nitrogens with one attached hydrogen (secondary N) is 2. The van der Waals surface area contributed by atoms with Crippen LogP contribution in [0, 0.1) is 5.69 Å². The van der Waals surface area contributed by atoms with Gasteiger partial charge in [-0.15, -0.1) is 11.5 Å². The molecule has 2 atom stereocenters. The van der Waals surface area contributed by atoms with Gasteiger partial charge >= 0.3 is 0 Å². The van der Waals surface area contributed by atoms with E-state index in [1.807, 2.05) is 6.26 Å². The Bertz CT molecular complexity index is 357. The van der Waals surface area contributed by atoms with E-state index in [0.717, 1.165) is 13.0 Å². The van der Waals surface area contributed by atoms with Gasteiger partial charge in [0, 0.05) is 12.6 Å². The number of hydrogen-bond donors (Lipinski definition) is 3. The highest BCUT2D eigenvalue weighted by Crippen LogP contribution is 2.10. The molecule has 0 amide bonds. The fourth-order valence-electron chi connectivity index (χ4n) is 1.44. The van der Waals surface area contributed by atoms with Crippen molar-refractivity contribution in [1.82, 2.24) is 10.0 Å². The van der Waals surface area contributed by atoms with E-state index in [9.17, 15) is 8.42 Å². The van der Waals surface area contributed by atoms with Gasteiger partial charge in [-0.2, -0.15) is 8.42 Å². The summed E-state index contributed by atoms with van der Waals surface area (Å²) in [4.78, 5) is 0. The second-order valence-electron chi connectivity index (χ2n) is 3.46. The van der Waals surface area contributed by atoms with Gasteiger partial charge in [0.25, 0.3) is 10.2 Å². The highest BCUT2D eigenvalue weighted by atomic mass is 32.2. The van der Waals surface area contributed by atoms with Crippen molar-refractivity contribution in [2.24, 2.45) is 5.14 Å². The molecule has 1 rings (SSSR count). The fourth-order valence-corrected chi connectivity index (χ4v) is 2.77. The van der Waals surface area contributed by atoms with E-state index in [0.29, 0.717) is 11.8 Å². The molecule has 1 fully saturated rings. The molecule has 1 aliphatic heterocycles. The van der Waals surface area contributed by atoms with Crippen molar-refractivity contribution in [2.45, 2.75) is 17.7 Å². The molecule has 14 heavy (non-hydrogen) atoms. The molecule has 0 aromatic rings.